The summed E-state index contributed by atoms with van der Waals surface area (Å²) in [5, 5.41) is 9.38. The normalized spacial score (nSPS) is 11.2. The van der Waals surface area contributed by atoms with E-state index in [9.17, 15) is 23.1 Å². The van der Waals surface area contributed by atoms with Crippen LogP contribution in [0.4, 0.5) is 18.9 Å². The predicted molar refractivity (Wildman–Crippen MR) is 99.8 cm³/mol. The first-order valence-electron chi connectivity index (χ1n) is 7.87. The highest BCUT2D eigenvalue weighted by Gasteiger charge is 2.30. The third-order valence-electron chi connectivity index (χ3n) is 3.80. The quantitative estimate of drug-likeness (QED) is 0.511. The number of halogens is 3. The van der Waals surface area contributed by atoms with Crippen LogP contribution in [0, 0.1) is 0 Å². The molecule has 3 rings (SSSR count). The van der Waals surface area contributed by atoms with Crippen molar-refractivity contribution < 1.29 is 23.1 Å². The minimum atomic E-state index is -4.43. The standard InChI is InChI=1S/C20H14F3NO2S/c21-20(22,23)15-7-4-8-16(12-15)27-24-18-11-14(9-10-17(18)19(25)26)13-5-2-1-3-6-13/h1-12,24H,(H,25,26). The number of alkyl halides is 3. The number of carboxylic acid groups (broad SMARTS) is 1. The van der Waals surface area contributed by atoms with E-state index < -0.39 is 17.7 Å². The molecule has 0 aliphatic carbocycles. The Labute approximate surface area is 158 Å². The van der Waals surface area contributed by atoms with Gasteiger partial charge in [-0.25, -0.2) is 4.79 Å². The van der Waals surface area contributed by atoms with Gasteiger partial charge in [-0.15, -0.1) is 0 Å². The zero-order valence-electron chi connectivity index (χ0n) is 13.8. The van der Waals surface area contributed by atoms with E-state index in [-0.39, 0.29) is 5.56 Å². The summed E-state index contributed by atoms with van der Waals surface area (Å²) >= 11 is 0.926. The van der Waals surface area contributed by atoms with Crippen molar-refractivity contribution in [3.8, 4) is 11.1 Å². The van der Waals surface area contributed by atoms with Crippen molar-refractivity contribution in [1.29, 1.82) is 0 Å². The molecule has 0 heterocycles. The molecule has 0 bridgehead atoms. The monoisotopic (exact) mass is 389 g/mol. The average molecular weight is 389 g/mol. The molecule has 2 N–H and O–H groups in total. The van der Waals surface area contributed by atoms with Crippen LogP contribution in [0.5, 0.6) is 0 Å². The van der Waals surface area contributed by atoms with Crippen molar-refractivity contribution >= 4 is 23.6 Å². The summed E-state index contributed by atoms with van der Waals surface area (Å²) in [6.07, 6.45) is -4.43. The van der Waals surface area contributed by atoms with Crippen LogP contribution in [-0.2, 0) is 6.18 Å². The first kappa shape index (κ1) is 18.8. The first-order chi connectivity index (χ1) is 12.8. The summed E-state index contributed by atoms with van der Waals surface area (Å²) in [6, 6.07) is 19.0. The van der Waals surface area contributed by atoms with Crippen LogP contribution in [0.15, 0.2) is 77.7 Å². The van der Waals surface area contributed by atoms with Gasteiger partial charge >= 0.3 is 12.1 Å². The van der Waals surface area contributed by atoms with Gasteiger partial charge in [-0.2, -0.15) is 13.2 Å². The summed E-state index contributed by atoms with van der Waals surface area (Å²) in [7, 11) is 0. The maximum atomic E-state index is 12.8. The number of hydrogen-bond acceptors (Lipinski definition) is 3. The minimum absolute atomic E-state index is 0.0363. The zero-order valence-corrected chi connectivity index (χ0v) is 14.6. The largest absolute Gasteiger partial charge is 0.478 e. The van der Waals surface area contributed by atoms with Crippen LogP contribution >= 0.6 is 11.9 Å². The molecule has 0 atom stereocenters. The molecule has 0 saturated heterocycles. The molecule has 7 heteroatoms. The zero-order chi connectivity index (χ0) is 19.4. The topological polar surface area (TPSA) is 49.3 Å². The molecule has 138 valence electrons. The van der Waals surface area contributed by atoms with Gasteiger partial charge in [0.25, 0.3) is 0 Å². The van der Waals surface area contributed by atoms with Gasteiger partial charge in [0.2, 0.25) is 0 Å². The Kier molecular flexibility index (Phi) is 5.41. The number of hydrogen-bond donors (Lipinski definition) is 2. The van der Waals surface area contributed by atoms with Gasteiger partial charge in [0.05, 0.1) is 16.8 Å². The molecular weight excluding hydrogens is 375 g/mol. The SMILES string of the molecule is O=C(O)c1ccc(-c2ccccc2)cc1NSc1cccc(C(F)(F)F)c1. The average Bonchev–Trinajstić information content (AvgIpc) is 2.66. The third-order valence-corrected chi connectivity index (χ3v) is 4.61. The van der Waals surface area contributed by atoms with Crippen LogP contribution < -0.4 is 4.72 Å². The number of aromatic carboxylic acids is 1. The first-order valence-corrected chi connectivity index (χ1v) is 8.69. The van der Waals surface area contributed by atoms with Crippen LogP contribution in [0.3, 0.4) is 0 Å². The van der Waals surface area contributed by atoms with E-state index >= 15 is 0 Å². The predicted octanol–water partition coefficient (Wildman–Crippen LogP) is 6.19. The van der Waals surface area contributed by atoms with Gasteiger partial charge in [-0.3, -0.25) is 0 Å². The van der Waals surface area contributed by atoms with Crippen molar-refractivity contribution in [3.05, 3.63) is 83.9 Å². The van der Waals surface area contributed by atoms with Crippen molar-refractivity contribution in [1.82, 2.24) is 0 Å². The summed E-state index contributed by atoms with van der Waals surface area (Å²) in [5.74, 6) is -1.12. The van der Waals surface area contributed by atoms with E-state index in [1.54, 1.807) is 12.1 Å². The smallest absolute Gasteiger partial charge is 0.416 e. The molecule has 0 saturated carbocycles. The van der Waals surface area contributed by atoms with Crippen molar-refractivity contribution in [2.24, 2.45) is 0 Å². The summed E-state index contributed by atoms with van der Waals surface area (Å²) in [5.41, 5.74) is 1.29. The number of carbonyl (C=O) groups is 1. The Morgan fingerprint density at radius 3 is 2.30 bits per heavy atom. The van der Waals surface area contributed by atoms with E-state index in [2.05, 4.69) is 4.72 Å². The van der Waals surface area contributed by atoms with Gasteiger partial charge in [0.1, 0.15) is 0 Å². The molecule has 3 aromatic rings. The molecule has 0 aliphatic heterocycles. The highest BCUT2D eigenvalue weighted by Crippen LogP contribution is 2.33. The Balaban J connectivity index is 1.88. The van der Waals surface area contributed by atoms with Crippen LogP contribution in [-0.4, -0.2) is 11.1 Å². The molecule has 0 spiro atoms. The lowest BCUT2D eigenvalue weighted by Crippen LogP contribution is -2.05. The number of carboxylic acids is 1. The fraction of sp³-hybridized carbons (Fsp3) is 0.0500. The molecule has 3 aromatic carbocycles. The van der Waals surface area contributed by atoms with E-state index in [1.807, 2.05) is 30.3 Å². The van der Waals surface area contributed by atoms with Crippen molar-refractivity contribution in [2.45, 2.75) is 11.1 Å². The van der Waals surface area contributed by atoms with Gasteiger partial charge in [-0.05, 0) is 53.4 Å². The Hall–Kier alpha value is -2.93. The molecule has 0 fully saturated rings. The second-order valence-corrected chi connectivity index (χ2v) is 6.54. The fourth-order valence-electron chi connectivity index (χ4n) is 2.48. The van der Waals surface area contributed by atoms with E-state index in [1.165, 1.54) is 18.2 Å². The number of benzene rings is 3. The number of anilines is 1. The molecule has 0 radical (unpaired) electrons. The lowest BCUT2D eigenvalue weighted by atomic mass is 10.0. The molecule has 0 aromatic heterocycles. The lowest BCUT2D eigenvalue weighted by Gasteiger charge is -2.12. The van der Waals surface area contributed by atoms with E-state index in [0.717, 1.165) is 35.2 Å². The maximum absolute atomic E-state index is 12.8. The van der Waals surface area contributed by atoms with Gasteiger partial charge in [0.15, 0.2) is 0 Å². The van der Waals surface area contributed by atoms with Crippen LogP contribution in [0.25, 0.3) is 11.1 Å². The Morgan fingerprint density at radius 1 is 0.889 bits per heavy atom. The fourth-order valence-corrected chi connectivity index (χ4v) is 3.20. The Bertz CT molecular complexity index is 959. The lowest BCUT2D eigenvalue weighted by molar-refractivity contribution is -0.137. The summed E-state index contributed by atoms with van der Waals surface area (Å²) in [6.45, 7) is 0. The second kappa shape index (κ2) is 7.75. The van der Waals surface area contributed by atoms with E-state index in [4.69, 9.17) is 0 Å². The number of rotatable bonds is 5. The molecule has 0 unspecified atom stereocenters. The maximum Gasteiger partial charge on any atom is 0.416 e. The van der Waals surface area contributed by atoms with Crippen LogP contribution in [0.1, 0.15) is 15.9 Å². The highest BCUT2D eigenvalue weighted by atomic mass is 32.2. The van der Waals surface area contributed by atoms with Gasteiger partial charge < -0.3 is 9.83 Å². The second-order valence-electron chi connectivity index (χ2n) is 5.66. The van der Waals surface area contributed by atoms with E-state index in [0.29, 0.717) is 10.6 Å². The number of nitrogens with one attached hydrogen (secondary N) is 1. The summed E-state index contributed by atoms with van der Waals surface area (Å²) < 4.78 is 41.4. The van der Waals surface area contributed by atoms with Crippen molar-refractivity contribution in [3.63, 3.8) is 0 Å². The van der Waals surface area contributed by atoms with Gasteiger partial charge in [0, 0.05) is 4.90 Å². The molecule has 0 aliphatic rings. The van der Waals surface area contributed by atoms with Gasteiger partial charge in [-0.1, -0.05) is 42.5 Å². The molecule has 3 nitrogen and oxygen atoms in total. The minimum Gasteiger partial charge on any atom is -0.478 e. The Morgan fingerprint density at radius 2 is 1.63 bits per heavy atom. The molecule has 0 amide bonds. The summed E-state index contributed by atoms with van der Waals surface area (Å²) in [4.78, 5) is 11.8. The van der Waals surface area contributed by atoms with Crippen molar-refractivity contribution in [2.75, 3.05) is 4.72 Å². The molecule has 27 heavy (non-hydrogen) atoms. The highest BCUT2D eigenvalue weighted by molar-refractivity contribution is 8.00. The van der Waals surface area contributed by atoms with Crippen LogP contribution in [0.2, 0.25) is 0 Å². The third kappa shape index (κ3) is 4.62. The molecular formula is C20H14F3NO2S.